The standard InChI is InChI=1S/C17H25NO2/c1-3-14(15-7-5-4-6-8-15)11-18-12-16(17(19)20)10-9-13(18)2/h4-8,13-14,16H,3,9-12H2,1-2H3,(H,19,20). The van der Waals surface area contributed by atoms with Crippen LogP contribution >= 0.6 is 0 Å². The fourth-order valence-corrected chi connectivity index (χ4v) is 3.11. The molecule has 3 heteroatoms. The summed E-state index contributed by atoms with van der Waals surface area (Å²) in [6.45, 7) is 6.09. The molecule has 3 nitrogen and oxygen atoms in total. The molecule has 1 saturated heterocycles. The molecule has 110 valence electrons. The topological polar surface area (TPSA) is 40.5 Å². The second kappa shape index (κ2) is 6.89. The van der Waals surface area contributed by atoms with Gasteiger partial charge in [-0.25, -0.2) is 0 Å². The average Bonchev–Trinajstić information content (AvgIpc) is 2.47. The first kappa shape index (κ1) is 15.0. The van der Waals surface area contributed by atoms with Gasteiger partial charge in [-0.1, -0.05) is 37.3 Å². The summed E-state index contributed by atoms with van der Waals surface area (Å²) in [4.78, 5) is 13.6. The smallest absolute Gasteiger partial charge is 0.307 e. The SMILES string of the molecule is CCC(CN1CC(C(=O)O)CCC1C)c1ccccc1. The van der Waals surface area contributed by atoms with E-state index in [1.54, 1.807) is 0 Å². The molecule has 0 radical (unpaired) electrons. The van der Waals surface area contributed by atoms with Crippen LogP contribution in [0, 0.1) is 5.92 Å². The molecular weight excluding hydrogens is 250 g/mol. The third-order valence-electron chi connectivity index (χ3n) is 4.58. The average molecular weight is 275 g/mol. The lowest BCUT2D eigenvalue weighted by Gasteiger charge is -2.38. The molecule has 0 bridgehead atoms. The number of likely N-dealkylation sites (tertiary alicyclic amines) is 1. The van der Waals surface area contributed by atoms with Gasteiger partial charge in [0, 0.05) is 19.1 Å². The Bertz CT molecular complexity index is 432. The highest BCUT2D eigenvalue weighted by Crippen LogP contribution is 2.27. The molecule has 1 N–H and O–H groups in total. The Morgan fingerprint density at radius 3 is 2.65 bits per heavy atom. The van der Waals surface area contributed by atoms with E-state index < -0.39 is 5.97 Å². The van der Waals surface area contributed by atoms with Crippen molar-refractivity contribution in [2.75, 3.05) is 13.1 Å². The van der Waals surface area contributed by atoms with Gasteiger partial charge in [-0.3, -0.25) is 9.69 Å². The van der Waals surface area contributed by atoms with Gasteiger partial charge < -0.3 is 5.11 Å². The molecule has 2 rings (SSSR count). The molecule has 0 aliphatic carbocycles. The molecule has 0 saturated carbocycles. The van der Waals surface area contributed by atoms with Crippen molar-refractivity contribution in [3.8, 4) is 0 Å². The number of hydrogen-bond donors (Lipinski definition) is 1. The molecule has 1 aliphatic heterocycles. The van der Waals surface area contributed by atoms with Gasteiger partial charge in [-0.05, 0) is 37.7 Å². The van der Waals surface area contributed by atoms with Crippen LogP contribution < -0.4 is 0 Å². The highest BCUT2D eigenvalue weighted by Gasteiger charge is 2.30. The van der Waals surface area contributed by atoms with E-state index in [1.165, 1.54) is 5.56 Å². The number of aliphatic carboxylic acids is 1. The van der Waals surface area contributed by atoms with Gasteiger partial charge in [-0.2, -0.15) is 0 Å². The van der Waals surface area contributed by atoms with Crippen LogP contribution in [-0.4, -0.2) is 35.1 Å². The van der Waals surface area contributed by atoms with Crippen molar-refractivity contribution in [1.29, 1.82) is 0 Å². The van der Waals surface area contributed by atoms with E-state index in [0.29, 0.717) is 18.5 Å². The number of hydrogen-bond acceptors (Lipinski definition) is 2. The van der Waals surface area contributed by atoms with Crippen LogP contribution in [0.25, 0.3) is 0 Å². The zero-order valence-corrected chi connectivity index (χ0v) is 12.5. The first-order chi connectivity index (χ1) is 9.61. The predicted octanol–water partition coefficient (Wildman–Crippen LogP) is 3.37. The van der Waals surface area contributed by atoms with Crippen LogP contribution in [-0.2, 0) is 4.79 Å². The van der Waals surface area contributed by atoms with Gasteiger partial charge in [0.05, 0.1) is 5.92 Å². The van der Waals surface area contributed by atoms with Gasteiger partial charge in [0.15, 0.2) is 0 Å². The van der Waals surface area contributed by atoms with Crippen LogP contribution in [0.4, 0.5) is 0 Å². The summed E-state index contributed by atoms with van der Waals surface area (Å²) >= 11 is 0. The normalized spacial score (nSPS) is 25.3. The highest BCUT2D eigenvalue weighted by molar-refractivity contribution is 5.70. The Hall–Kier alpha value is -1.35. The molecule has 0 spiro atoms. The minimum absolute atomic E-state index is 0.195. The van der Waals surface area contributed by atoms with Crippen molar-refractivity contribution >= 4 is 5.97 Å². The minimum atomic E-state index is -0.644. The Morgan fingerprint density at radius 2 is 2.05 bits per heavy atom. The van der Waals surface area contributed by atoms with Crippen LogP contribution in [0.3, 0.4) is 0 Å². The lowest BCUT2D eigenvalue weighted by Crippen LogP contribution is -2.45. The van der Waals surface area contributed by atoms with Crippen molar-refractivity contribution in [3.63, 3.8) is 0 Å². The first-order valence-corrected chi connectivity index (χ1v) is 7.63. The van der Waals surface area contributed by atoms with Crippen molar-refractivity contribution in [1.82, 2.24) is 4.90 Å². The van der Waals surface area contributed by atoms with Crippen LogP contribution in [0.2, 0.25) is 0 Å². The van der Waals surface area contributed by atoms with Crippen molar-refractivity contribution in [2.24, 2.45) is 5.92 Å². The summed E-state index contributed by atoms with van der Waals surface area (Å²) in [7, 11) is 0. The summed E-state index contributed by atoms with van der Waals surface area (Å²) in [5, 5.41) is 9.22. The van der Waals surface area contributed by atoms with E-state index in [2.05, 4.69) is 43.0 Å². The second-order valence-corrected chi connectivity index (χ2v) is 5.93. The lowest BCUT2D eigenvalue weighted by atomic mass is 9.90. The third kappa shape index (κ3) is 3.60. The zero-order chi connectivity index (χ0) is 14.5. The van der Waals surface area contributed by atoms with E-state index >= 15 is 0 Å². The molecule has 1 aliphatic rings. The van der Waals surface area contributed by atoms with Gasteiger partial charge in [0.2, 0.25) is 0 Å². The third-order valence-corrected chi connectivity index (χ3v) is 4.58. The van der Waals surface area contributed by atoms with Crippen LogP contribution in [0.5, 0.6) is 0 Å². The van der Waals surface area contributed by atoms with Crippen molar-refractivity contribution in [2.45, 2.75) is 45.1 Å². The lowest BCUT2D eigenvalue weighted by molar-refractivity contribution is -0.144. The zero-order valence-electron chi connectivity index (χ0n) is 12.5. The number of carboxylic acids is 1. The molecule has 1 fully saturated rings. The summed E-state index contributed by atoms with van der Waals surface area (Å²) in [5.41, 5.74) is 1.36. The minimum Gasteiger partial charge on any atom is -0.481 e. The summed E-state index contributed by atoms with van der Waals surface area (Å²) in [5.74, 6) is -0.347. The molecule has 20 heavy (non-hydrogen) atoms. The fourth-order valence-electron chi connectivity index (χ4n) is 3.11. The number of rotatable bonds is 5. The Balaban J connectivity index is 2.04. The maximum Gasteiger partial charge on any atom is 0.307 e. The van der Waals surface area contributed by atoms with Crippen molar-refractivity contribution < 1.29 is 9.90 Å². The van der Waals surface area contributed by atoms with Crippen molar-refractivity contribution in [3.05, 3.63) is 35.9 Å². The molecule has 0 amide bonds. The molecule has 1 heterocycles. The summed E-state index contributed by atoms with van der Waals surface area (Å²) in [6.07, 6.45) is 2.89. The largest absolute Gasteiger partial charge is 0.481 e. The van der Waals surface area contributed by atoms with E-state index in [9.17, 15) is 9.90 Å². The molecule has 0 aromatic heterocycles. The Labute approximate surface area is 121 Å². The van der Waals surface area contributed by atoms with Crippen LogP contribution in [0.1, 0.15) is 44.6 Å². The number of benzene rings is 1. The van der Waals surface area contributed by atoms with E-state index in [-0.39, 0.29) is 5.92 Å². The predicted molar refractivity (Wildman–Crippen MR) is 80.9 cm³/mol. The van der Waals surface area contributed by atoms with E-state index in [4.69, 9.17) is 0 Å². The quantitative estimate of drug-likeness (QED) is 0.895. The molecule has 1 aromatic rings. The fraction of sp³-hybridized carbons (Fsp3) is 0.588. The number of piperidine rings is 1. The van der Waals surface area contributed by atoms with E-state index in [0.717, 1.165) is 25.8 Å². The first-order valence-electron chi connectivity index (χ1n) is 7.63. The molecular formula is C17H25NO2. The van der Waals surface area contributed by atoms with Crippen LogP contribution in [0.15, 0.2) is 30.3 Å². The Kier molecular flexibility index (Phi) is 5.18. The monoisotopic (exact) mass is 275 g/mol. The second-order valence-electron chi connectivity index (χ2n) is 5.93. The van der Waals surface area contributed by atoms with Gasteiger partial charge in [0.1, 0.15) is 0 Å². The molecule has 3 unspecified atom stereocenters. The maximum absolute atomic E-state index is 11.2. The van der Waals surface area contributed by atoms with Gasteiger partial charge in [-0.15, -0.1) is 0 Å². The molecule has 1 aromatic carbocycles. The van der Waals surface area contributed by atoms with Gasteiger partial charge >= 0.3 is 5.97 Å². The highest BCUT2D eigenvalue weighted by atomic mass is 16.4. The number of carboxylic acid groups (broad SMARTS) is 1. The molecule has 3 atom stereocenters. The van der Waals surface area contributed by atoms with E-state index in [1.807, 2.05) is 6.07 Å². The van der Waals surface area contributed by atoms with Gasteiger partial charge in [0.25, 0.3) is 0 Å². The Morgan fingerprint density at radius 1 is 1.35 bits per heavy atom. The summed E-state index contributed by atoms with van der Waals surface area (Å²) < 4.78 is 0. The number of nitrogens with zero attached hydrogens (tertiary/aromatic N) is 1. The maximum atomic E-state index is 11.2. The summed E-state index contributed by atoms with van der Waals surface area (Å²) in [6, 6.07) is 11.0. The number of carbonyl (C=O) groups is 1.